The van der Waals surface area contributed by atoms with Crippen LogP contribution in [0.1, 0.15) is 51.0 Å². The Morgan fingerprint density at radius 3 is 2.88 bits per heavy atom. The molecule has 0 spiro atoms. The lowest BCUT2D eigenvalue weighted by Gasteiger charge is -2.27. The van der Waals surface area contributed by atoms with E-state index in [4.69, 9.17) is 28.6 Å². The smallest absolute Gasteiger partial charge is 0.410 e. The van der Waals surface area contributed by atoms with Crippen molar-refractivity contribution in [2.24, 2.45) is 0 Å². The summed E-state index contributed by atoms with van der Waals surface area (Å²) in [6, 6.07) is 5.84. The zero-order chi connectivity index (χ0) is 23.0. The van der Waals surface area contributed by atoms with Gasteiger partial charge in [0, 0.05) is 24.0 Å². The Hall–Kier alpha value is -2.78. The molecule has 0 radical (unpaired) electrons. The van der Waals surface area contributed by atoms with Crippen LogP contribution in [0.3, 0.4) is 0 Å². The number of aromatic nitrogens is 3. The zero-order valence-corrected chi connectivity index (χ0v) is 19.5. The van der Waals surface area contributed by atoms with Gasteiger partial charge in [0.1, 0.15) is 22.2 Å². The number of carbonyl (C=O) groups excluding carboxylic acids is 1. The summed E-state index contributed by atoms with van der Waals surface area (Å²) in [6.07, 6.45) is 2.88. The van der Waals surface area contributed by atoms with Crippen molar-refractivity contribution in [2.45, 2.75) is 45.3 Å². The van der Waals surface area contributed by atoms with E-state index in [0.29, 0.717) is 39.8 Å². The van der Waals surface area contributed by atoms with Gasteiger partial charge in [0.2, 0.25) is 0 Å². The monoisotopic (exact) mass is 475 g/mol. The highest BCUT2D eigenvalue weighted by atomic mass is 35.5. The molecule has 1 aromatic carbocycles. The largest absolute Gasteiger partial charge is 0.444 e. The van der Waals surface area contributed by atoms with Crippen LogP contribution in [0.4, 0.5) is 14.9 Å². The second-order valence-corrected chi connectivity index (χ2v) is 9.41. The summed E-state index contributed by atoms with van der Waals surface area (Å²) in [6.45, 7) is 6.13. The molecule has 1 unspecified atom stereocenters. The fraction of sp³-hybridized carbons (Fsp3) is 0.364. The lowest BCUT2D eigenvalue weighted by atomic mass is 10.2. The third-order valence-electron chi connectivity index (χ3n) is 5.03. The number of rotatable bonds is 3. The number of likely N-dealkylation sites (tertiary alicyclic amines) is 1. The van der Waals surface area contributed by atoms with Gasteiger partial charge in [-0.05, 0) is 57.9 Å². The van der Waals surface area contributed by atoms with Crippen LogP contribution in [-0.2, 0) is 4.74 Å². The Balaban J connectivity index is 1.61. The number of imidazole rings is 1. The van der Waals surface area contributed by atoms with E-state index in [0.717, 1.165) is 12.8 Å². The van der Waals surface area contributed by atoms with Crippen LogP contribution in [-0.4, -0.2) is 43.1 Å². The van der Waals surface area contributed by atoms with Crippen molar-refractivity contribution < 1.29 is 13.9 Å². The Labute approximate surface area is 195 Å². The number of pyridine rings is 1. The molecule has 1 fully saturated rings. The minimum atomic E-state index is -0.575. The van der Waals surface area contributed by atoms with Gasteiger partial charge in [-0.15, -0.1) is 0 Å². The van der Waals surface area contributed by atoms with Gasteiger partial charge >= 0.3 is 6.09 Å². The molecule has 3 heterocycles. The van der Waals surface area contributed by atoms with Crippen LogP contribution in [0.15, 0.2) is 30.5 Å². The van der Waals surface area contributed by atoms with E-state index in [1.807, 2.05) is 20.8 Å². The molecule has 3 aromatic rings. The fourth-order valence-electron chi connectivity index (χ4n) is 3.64. The molecule has 1 amide bonds. The number of ether oxygens (including phenoxy) is 1. The second-order valence-electron chi connectivity index (χ2n) is 8.59. The van der Waals surface area contributed by atoms with E-state index in [-0.39, 0.29) is 17.2 Å². The second kappa shape index (κ2) is 8.63. The number of nitrogens with zero attached hydrogens (tertiary/aromatic N) is 3. The van der Waals surface area contributed by atoms with E-state index in [9.17, 15) is 9.18 Å². The molecule has 7 nitrogen and oxygen atoms in total. The van der Waals surface area contributed by atoms with Gasteiger partial charge < -0.3 is 15.0 Å². The van der Waals surface area contributed by atoms with Crippen molar-refractivity contribution in [3.63, 3.8) is 0 Å². The minimum Gasteiger partial charge on any atom is -0.444 e. The van der Waals surface area contributed by atoms with Crippen molar-refractivity contribution in [2.75, 3.05) is 11.9 Å². The number of hydrogen-bond donors (Lipinski definition) is 2. The van der Waals surface area contributed by atoms with Gasteiger partial charge in [-0.25, -0.2) is 19.2 Å². The van der Waals surface area contributed by atoms with Crippen molar-refractivity contribution >= 4 is 51.8 Å². The highest BCUT2D eigenvalue weighted by Gasteiger charge is 2.35. The molecule has 1 aliphatic rings. The number of fused-ring (bicyclic) bond motifs is 1. The van der Waals surface area contributed by atoms with Crippen molar-refractivity contribution in [1.82, 2.24) is 19.9 Å². The predicted octanol–water partition coefficient (Wildman–Crippen LogP) is 5.61. The molecular formula is C22H23ClFN5O2S. The van der Waals surface area contributed by atoms with Crippen LogP contribution in [0.25, 0.3) is 11.2 Å². The molecule has 10 heteroatoms. The predicted molar refractivity (Wildman–Crippen MR) is 126 cm³/mol. The Morgan fingerprint density at radius 2 is 2.16 bits per heavy atom. The molecule has 1 saturated heterocycles. The molecule has 1 aliphatic heterocycles. The first-order valence-corrected chi connectivity index (χ1v) is 11.0. The summed E-state index contributed by atoms with van der Waals surface area (Å²) in [4.78, 5) is 27.0. The van der Waals surface area contributed by atoms with Gasteiger partial charge in [-0.2, -0.15) is 0 Å². The average molecular weight is 476 g/mol. The maximum absolute atomic E-state index is 13.4. The Kier molecular flexibility index (Phi) is 6.05. The quantitative estimate of drug-likeness (QED) is 0.479. The molecule has 0 aliphatic carbocycles. The molecule has 168 valence electrons. The number of carbonyl (C=O) groups is 1. The van der Waals surface area contributed by atoms with Gasteiger partial charge in [0.25, 0.3) is 0 Å². The first-order valence-electron chi connectivity index (χ1n) is 10.2. The zero-order valence-electron chi connectivity index (χ0n) is 17.9. The van der Waals surface area contributed by atoms with Crippen LogP contribution in [0, 0.1) is 5.82 Å². The number of aromatic amines is 1. The fourth-order valence-corrected chi connectivity index (χ4v) is 4.11. The normalized spacial score (nSPS) is 16.4. The summed E-state index contributed by atoms with van der Waals surface area (Å²) in [5.41, 5.74) is 1.83. The lowest BCUT2D eigenvalue weighted by Crippen LogP contribution is -2.36. The van der Waals surface area contributed by atoms with E-state index in [1.54, 1.807) is 23.2 Å². The molecule has 2 aromatic heterocycles. The van der Waals surface area contributed by atoms with E-state index in [2.05, 4.69) is 20.3 Å². The Bertz CT molecular complexity index is 1190. The van der Waals surface area contributed by atoms with Gasteiger partial charge in [-0.3, -0.25) is 4.90 Å². The molecule has 2 N–H and O–H groups in total. The maximum Gasteiger partial charge on any atom is 0.410 e. The SMILES string of the molecule is CC(C)(C)OC(=O)N1CCCC1c1nc2nccc(C(=S)Nc3ccc(F)c(Cl)c3)c2[nH]1. The van der Waals surface area contributed by atoms with E-state index >= 15 is 0 Å². The minimum absolute atomic E-state index is 0.00460. The number of nitrogens with one attached hydrogen (secondary N) is 2. The molecular weight excluding hydrogens is 453 g/mol. The van der Waals surface area contributed by atoms with Crippen LogP contribution in [0.2, 0.25) is 5.02 Å². The lowest BCUT2D eigenvalue weighted by molar-refractivity contribution is 0.0219. The highest BCUT2D eigenvalue weighted by molar-refractivity contribution is 7.81. The topological polar surface area (TPSA) is 83.1 Å². The summed E-state index contributed by atoms with van der Waals surface area (Å²) >= 11 is 11.4. The molecule has 1 atom stereocenters. The van der Waals surface area contributed by atoms with Crippen molar-refractivity contribution in [3.05, 3.63) is 52.7 Å². The number of H-pyrrole nitrogens is 1. The van der Waals surface area contributed by atoms with Crippen molar-refractivity contribution in [1.29, 1.82) is 0 Å². The van der Waals surface area contributed by atoms with E-state index < -0.39 is 11.4 Å². The summed E-state index contributed by atoms with van der Waals surface area (Å²) in [7, 11) is 0. The first kappa shape index (κ1) is 22.4. The maximum atomic E-state index is 13.4. The number of halogens is 2. The third kappa shape index (κ3) is 4.68. The summed E-state index contributed by atoms with van der Waals surface area (Å²) < 4.78 is 19.0. The summed E-state index contributed by atoms with van der Waals surface area (Å²) in [5, 5.41) is 3.07. The summed E-state index contributed by atoms with van der Waals surface area (Å²) in [5.74, 6) is 0.134. The number of anilines is 1. The number of hydrogen-bond acceptors (Lipinski definition) is 5. The number of benzene rings is 1. The Morgan fingerprint density at radius 1 is 1.38 bits per heavy atom. The van der Waals surface area contributed by atoms with Gasteiger partial charge in [-0.1, -0.05) is 23.8 Å². The third-order valence-corrected chi connectivity index (χ3v) is 5.64. The standard InChI is InChI=1S/C22H23ClFN5O2S/c1-22(2,3)31-21(30)29-10-4-5-16(29)18-27-17-13(8-9-25-19(17)28-18)20(32)26-12-6-7-15(24)14(23)11-12/h6-9,11,16H,4-5,10H2,1-3H3,(H,26,32)(H,25,27,28). The van der Waals surface area contributed by atoms with Crippen LogP contribution in [0.5, 0.6) is 0 Å². The number of amides is 1. The highest BCUT2D eigenvalue weighted by Crippen LogP contribution is 2.33. The number of thiocarbonyl (C=S) groups is 1. The average Bonchev–Trinajstić information content (AvgIpc) is 3.35. The molecule has 4 rings (SSSR count). The molecule has 0 saturated carbocycles. The van der Waals surface area contributed by atoms with E-state index in [1.165, 1.54) is 12.1 Å². The van der Waals surface area contributed by atoms with Crippen LogP contribution >= 0.6 is 23.8 Å². The molecule has 0 bridgehead atoms. The van der Waals surface area contributed by atoms with Crippen molar-refractivity contribution in [3.8, 4) is 0 Å². The van der Waals surface area contributed by atoms with Gasteiger partial charge in [0.15, 0.2) is 5.65 Å². The van der Waals surface area contributed by atoms with Gasteiger partial charge in [0.05, 0.1) is 16.6 Å². The first-order chi connectivity index (χ1) is 15.1. The van der Waals surface area contributed by atoms with Crippen LogP contribution < -0.4 is 5.32 Å². The molecule has 32 heavy (non-hydrogen) atoms.